The van der Waals surface area contributed by atoms with Crippen molar-refractivity contribution in [3.8, 4) is 0 Å². The van der Waals surface area contributed by atoms with Crippen LogP contribution in [0.15, 0.2) is 4.52 Å². The zero-order valence-electron chi connectivity index (χ0n) is 15.3. The number of rotatable bonds is 4. The van der Waals surface area contributed by atoms with Gasteiger partial charge >= 0.3 is 0 Å². The average Bonchev–Trinajstić information content (AvgIpc) is 3.32. The molecule has 3 heterocycles. The highest BCUT2D eigenvalue weighted by atomic mass is 16.5. The number of fused-ring (bicyclic) bond motifs is 1. The van der Waals surface area contributed by atoms with E-state index in [-0.39, 0.29) is 17.4 Å². The van der Waals surface area contributed by atoms with E-state index in [0.717, 1.165) is 62.3 Å². The van der Waals surface area contributed by atoms with Gasteiger partial charge in [0.15, 0.2) is 0 Å². The van der Waals surface area contributed by atoms with Crippen LogP contribution in [0.3, 0.4) is 0 Å². The van der Waals surface area contributed by atoms with Crippen LogP contribution in [0.4, 0.5) is 0 Å². The third-order valence-electron chi connectivity index (χ3n) is 6.40. The molecule has 3 fully saturated rings. The first-order valence-corrected chi connectivity index (χ1v) is 9.65. The lowest BCUT2D eigenvalue weighted by Crippen LogP contribution is -2.58. The molecule has 2 aliphatic heterocycles. The van der Waals surface area contributed by atoms with Crippen molar-refractivity contribution in [1.82, 2.24) is 15.4 Å². The molecule has 0 spiro atoms. The lowest BCUT2D eigenvalue weighted by atomic mass is 9.75. The van der Waals surface area contributed by atoms with Gasteiger partial charge in [-0.2, -0.15) is 0 Å². The molecule has 0 radical (unpaired) electrons. The largest absolute Gasteiger partial charge is 0.377 e. The minimum absolute atomic E-state index is 0.0646. The average molecular weight is 347 g/mol. The molecule has 3 aliphatic rings. The number of likely N-dealkylation sites (tertiary alicyclic amines) is 1. The predicted octanol–water partition coefficient (Wildman–Crippen LogP) is 2.33. The van der Waals surface area contributed by atoms with Crippen molar-refractivity contribution in [2.24, 2.45) is 5.41 Å². The summed E-state index contributed by atoms with van der Waals surface area (Å²) in [7, 11) is 0. The number of amides is 1. The second-order valence-electron chi connectivity index (χ2n) is 8.02. The molecule has 6 heteroatoms. The van der Waals surface area contributed by atoms with Gasteiger partial charge in [0.1, 0.15) is 5.76 Å². The Bertz CT molecular complexity index is 618. The predicted molar refractivity (Wildman–Crippen MR) is 93.1 cm³/mol. The van der Waals surface area contributed by atoms with E-state index in [2.05, 4.69) is 15.4 Å². The molecule has 1 amide bonds. The molecule has 6 nitrogen and oxygen atoms in total. The van der Waals surface area contributed by atoms with Gasteiger partial charge in [-0.1, -0.05) is 18.0 Å². The summed E-state index contributed by atoms with van der Waals surface area (Å²) in [6.07, 6.45) is 6.52. The van der Waals surface area contributed by atoms with Crippen molar-refractivity contribution < 1.29 is 14.1 Å². The standard InChI is InChI=1S/C19H29N3O3/c1-13-16(14(2)25-21-13)11-22-9-7-17-19(12-22,8-10-24-17)18(23)20-15-5-3-4-6-15/h15,17H,3-12H2,1-2H3,(H,20,23)/t17-,19-/m1/s1. The van der Waals surface area contributed by atoms with E-state index in [1.165, 1.54) is 12.8 Å². The molecule has 0 bridgehead atoms. The second kappa shape index (κ2) is 6.72. The van der Waals surface area contributed by atoms with E-state index in [0.29, 0.717) is 12.6 Å². The van der Waals surface area contributed by atoms with Gasteiger partial charge in [0.25, 0.3) is 0 Å². The van der Waals surface area contributed by atoms with Gasteiger partial charge in [-0.25, -0.2) is 0 Å². The van der Waals surface area contributed by atoms with Gasteiger partial charge in [-0.05, 0) is 39.5 Å². The van der Waals surface area contributed by atoms with Crippen molar-refractivity contribution in [1.29, 1.82) is 0 Å². The molecule has 25 heavy (non-hydrogen) atoms. The van der Waals surface area contributed by atoms with Crippen LogP contribution in [0.2, 0.25) is 0 Å². The maximum Gasteiger partial charge on any atom is 0.230 e. The lowest BCUT2D eigenvalue weighted by molar-refractivity contribution is -0.140. The van der Waals surface area contributed by atoms with Crippen molar-refractivity contribution in [3.63, 3.8) is 0 Å². The molecule has 2 atom stereocenters. The van der Waals surface area contributed by atoms with Crippen molar-refractivity contribution in [2.45, 2.75) is 71.1 Å². The summed E-state index contributed by atoms with van der Waals surface area (Å²) < 4.78 is 11.3. The Hall–Kier alpha value is -1.40. The number of ether oxygens (including phenoxy) is 1. The third kappa shape index (κ3) is 3.10. The van der Waals surface area contributed by atoms with Crippen LogP contribution in [-0.4, -0.2) is 47.8 Å². The molecule has 1 aliphatic carbocycles. The number of hydrogen-bond donors (Lipinski definition) is 1. The van der Waals surface area contributed by atoms with Gasteiger partial charge < -0.3 is 14.6 Å². The molecule has 1 aromatic rings. The number of piperidine rings is 1. The van der Waals surface area contributed by atoms with Crippen molar-refractivity contribution >= 4 is 5.91 Å². The quantitative estimate of drug-likeness (QED) is 0.905. The third-order valence-corrected chi connectivity index (χ3v) is 6.40. The van der Waals surface area contributed by atoms with E-state index < -0.39 is 0 Å². The van der Waals surface area contributed by atoms with Crippen molar-refractivity contribution in [2.75, 3.05) is 19.7 Å². The number of nitrogens with one attached hydrogen (secondary N) is 1. The normalized spacial score (nSPS) is 30.6. The number of nitrogens with zero attached hydrogens (tertiary/aromatic N) is 2. The van der Waals surface area contributed by atoms with Gasteiger partial charge in [0.2, 0.25) is 5.91 Å². The van der Waals surface area contributed by atoms with Crippen molar-refractivity contribution in [3.05, 3.63) is 17.0 Å². The monoisotopic (exact) mass is 347 g/mol. The van der Waals surface area contributed by atoms with Crippen LogP contribution in [0.1, 0.15) is 55.5 Å². The Balaban J connectivity index is 1.49. The van der Waals surface area contributed by atoms with Crippen LogP contribution >= 0.6 is 0 Å². The zero-order valence-corrected chi connectivity index (χ0v) is 15.3. The Labute approximate surface area is 149 Å². The fraction of sp³-hybridized carbons (Fsp3) is 0.789. The summed E-state index contributed by atoms with van der Waals surface area (Å²) in [5.74, 6) is 1.09. The summed E-state index contributed by atoms with van der Waals surface area (Å²) in [5, 5.41) is 7.40. The molecule has 0 aromatic carbocycles. The van der Waals surface area contributed by atoms with Gasteiger partial charge in [0, 0.05) is 37.8 Å². The highest BCUT2D eigenvalue weighted by molar-refractivity contribution is 5.84. The van der Waals surface area contributed by atoms with Crippen LogP contribution in [0.25, 0.3) is 0 Å². The molecular weight excluding hydrogens is 318 g/mol. The highest BCUT2D eigenvalue weighted by Gasteiger charge is 2.53. The molecule has 1 N–H and O–H groups in total. The maximum absolute atomic E-state index is 13.2. The number of aryl methyl sites for hydroxylation is 2. The topological polar surface area (TPSA) is 67.6 Å². The fourth-order valence-electron chi connectivity index (χ4n) is 4.84. The number of carbonyl (C=O) groups is 1. The first-order chi connectivity index (χ1) is 12.1. The van der Waals surface area contributed by atoms with E-state index >= 15 is 0 Å². The number of hydrogen-bond acceptors (Lipinski definition) is 5. The maximum atomic E-state index is 13.2. The molecule has 4 rings (SSSR count). The van der Waals surface area contributed by atoms with E-state index in [1.807, 2.05) is 13.8 Å². The summed E-state index contributed by atoms with van der Waals surface area (Å²) in [4.78, 5) is 15.6. The molecule has 1 aromatic heterocycles. The van der Waals surface area contributed by atoms with Gasteiger partial charge in [0.05, 0.1) is 17.2 Å². The summed E-state index contributed by atoms with van der Waals surface area (Å²) in [5.41, 5.74) is 1.72. The second-order valence-corrected chi connectivity index (χ2v) is 8.02. The van der Waals surface area contributed by atoms with Crippen LogP contribution in [-0.2, 0) is 16.1 Å². The Kier molecular flexibility index (Phi) is 4.58. The van der Waals surface area contributed by atoms with Crippen LogP contribution < -0.4 is 5.32 Å². The van der Waals surface area contributed by atoms with E-state index in [4.69, 9.17) is 9.26 Å². The minimum Gasteiger partial charge on any atom is -0.377 e. The summed E-state index contributed by atoms with van der Waals surface area (Å²) >= 11 is 0. The number of carbonyl (C=O) groups excluding carboxylic acids is 1. The van der Waals surface area contributed by atoms with E-state index in [9.17, 15) is 4.79 Å². The minimum atomic E-state index is -0.389. The Morgan fingerprint density at radius 2 is 2.12 bits per heavy atom. The van der Waals surface area contributed by atoms with E-state index in [1.54, 1.807) is 0 Å². The smallest absolute Gasteiger partial charge is 0.230 e. The van der Waals surface area contributed by atoms with Gasteiger partial charge in [-0.15, -0.1) is 0 Å². The molecular formula is C19H29N3O3. The van der Waals surface area contributed by atoms with Crippen LogP contribution in [0, 0.1) is 19.3 Å². The Morgan fingerprint density at radius 1 is 1.32 bits per heavy atom. The summed E-state index contributed by atoms with van der Waals surface area (Å²) in [6, 6.07) is 0.362. The first kappa shape index (κ1) is 17.0. The summed E-state index contributed by atoms with van der Waals surface area (Å²) in [6.45, 7) is 7.16. The van der Waals surface area contributed by atoms with Crippen LogP contribution in [0.5, 0.6) is 0 Å². The first-order valence-electron chi connectivity index (χ1n) is 9.65. The molecule has 1 saturated carbocycles. The lowest BCUT2D eigenvalue weighted by Gasteiger charge is -2.43. The molecule has 0 unspecified atom stereocenters. The van der Waals surface area contributed by atoms with Gasteiger partial charge in [-0.3, -0.25) is 9.69 Å². The molecule has 138 valence electrons. The fourth-order valence-corrected chi connectivity index (χ4v) is 4.84. The number of aromatic nitrogens is 1. The Morgan fingerprint density at radius 3 is 2.84 bits per heavy atom. The highest BCUT2D eigenvalue weighted by Crippen LogP contribution is 2.42. The SMILES string of the molecule is Cc1noc(C)c1CN1CC[C@H]2OCC[C@@]2(C(=O)NC2CCCC2)C1. The molecule has 2 saturated heterocycles. The zero-order chi connectivity index (χ0) is 17.4.